The van der Waals surface area contributed by atoms with Gasteiger partial charge in [0, 0.05) is 6.42 Å². The fourth-order valence-electron chi connectivity index (χ4n) is 1.29. The molecule has 84 valence electrons. The summed E-state index contributed by atoms with van der Waals surface area (Å²) in [5.41, 5.74) is 2.67. The summed E-state index contributed by atoms with van der Waals surface area (Å²) in [5, 5.41) is 8.68. The van der Waals surface area contributed by atoms with Crippen LogP contribution >= 0.6 is 0 Å². The molecule has 1 nitrogen and oxygen atoms in total. The second kappa shape index (κ2) is 9.55. The van der Waals surface area contributed by atoms with Crippen molar-refractivity contribution in [2.24, 2.45) is 0 Å². The first-order valence-corrected chi connectivity index (χ1v) is 5.52. The van der Waals surface area contributed by atoms with Crippen molar-refractivity contribution >= 4 is 0 Å². The highest BCUT2D eigenvalue weighted by Crippen LogP contribution is 2.09. The molecule has 0 unspecified atom stereocenters. The van der Waals surface area contributed by atoms with E-state index in [1.54, 1.807) is 0 Å². The maximum atomic E-state index is 8.68. The first-order valence-electron chi connectivity index (χ1n) is 5.52. The molecule has 0 radical (unpaired) electrons. The van der Waals surface area contributed by atoms with Gasteiger partial charge in [-0.2, -0.15) is 0 Å². The van der Waals surface area contributed by atoms with Crippen LogP contribution in [-0.4, -0.2) is 11.7 Å². The van der Waals surface area contributed by atoms with Gasteiger partial charge in [-0.05, 0) is 40.0 Å². The second-order valence-corrected chi connectivity index (χ2v) is 3.75. The summed E-state index contributed by atoms with van der Waals surface area (Å²) in [6.07, 6.45) is 8.27. The second-order valence-electron chi connectivity index (χ2n) is 3.75. The van der Waals surface area contributed by atoms with Crippen molar-refractivity contribution in [3.8, 4) is 11.8 Å². The summed E-state index contributed by atoms with van der Waals surface area (Å²) in [4.78, 5) is 0. The SMILES string of the molecule is CC#CCCC(C)=CCC/C(C)=C/CO. The highest BCUT2D eigenvalue weighted by Gasteiger charge is 1.90. The standard InChI is InChI=1S/C14H22O/c1-4-5-6-8-13(2)9-7-10-14(3)11-12-15/h9,11,15H,6-8,10,12H2,1-3H3/b13-9?,14-11+. The quantitative estimate of drug-likeness (QED) is 0.521. The minimum absolute atomic E-state index is 0.153. The third kappa shape index (κ3) is 9.31. The fourth-order valence-corrected chi connectivity index (χ4v) is 1.29. The minimum Gasteiger partial charge on any atom is -0.392 e. The van der Waals surface area contributed by atoms with Crippen molar-refractivity contribution in [2.75, 3.05) is 6.61 Å². The molecule has 0 spiro atoms. The Labute approximate surface area is 93.9 Å². The normalized spacial score (nSPS) is 12.3. The topological polar surface area (TPSA) is 20.2 Å². The van der Waals surface area contributed by atoms with Gasteiger partial charge in [0.2, 0.25) is 0 Å². The van der Waals surface area contributed by atoms with Gasteiger partial charge < -0.3 is 5.11 Å². The largest absolute Gasteiger partial charge is 0.392 e. The third-order valence-electron chi connectivity index (χ3n) is 2.29. The minimum atomic E-state index is 0.153. The molecule has 1 heteroatoms. The highest BCUT2D eigenvalue weighted by atomic mass is 16.2. The van der Waals surface area contributed by atoms with Gasteiger partial charge in [-0.15, -0.1) is 11.8 Å². The Morgan fingerprint density at radius 1 is 1.13 bits per heavy atom. The lowest BCUT2D eigenvalue weighted by Crippen LogP contribution is -1.82. The molecular weight excluding hydrogens is 184 g/mol. The average Bonchev–Trinajstić information content (AvgIpc) is 2.18. The number of rotatable bonds is 6. The maximum Gasteiger partial charge on any atom is 0.0614 e. The lowest BCUT2D eigenvalue weighted by atomic mass is 10.1. The summed E-state index contributed by atoms with van der Waals surface area (Å²) < 4.78 is 0. The van der Waals surface area contributed by atoms with Crippen LogP contribution in [0.1, 0.15) is 46.5 Å². The van der Waals surface area contributed by atoms with Gasteiger partial charge in [-0.1, -0.05) is 23.3 Å². The van der Waals surface area contributed by atoms with Crippen LogP contribution in [0.25, 0.3) is 0 Å². The molecule has 0 bridgehead atoms. The summed E-state index contributed by atoms with van der Waals surface area (Å²) in [7, 11) is 0. The number of aliphatic hydroxyl groups is 1. The smallest absolute Gasteiger partial charge is 0.0614 e. The predicted octanol–water partition coefficient (Wildman–Crippen LogP) is 3.46. The lowest BCUT2D eigenvalue weighted by molar-refractivity contribution is 0.341. The van der Waals surface area contributed by atoms with Crippen LogP contribution in [0.2, 0.25) is 0 Å². The third-order valence-corrected chi connectivity index (χ3v) is 2.29. The van der Waals surface area contributed by atoms with Crippen LogP contribution in [0.4, 0.5) is 0 Å². The highest BCUT2D eigenvalue weighted by molar-refractivity contribution is 5.06. The first-order chi connectivity index (χ1) is 7.20. The van der Waals surface area contributed by atoms with Gasteiger partial charge >= 0.3 is 0 Å². The zero-order chi connectivity index (χ0) is 11.5. The number of aliphatic hydroxyl groups excluding tert-OH is 1. The Kier molecular flexibility index (Phi) is 8.91. The van der Waals surface area contributed by atoms with Gasteiger partial charge in [0.05, 0.1) is 6.61 Å². The van der Waals surface area contributed by atoms with E-state index in [4.69, 9.17) is 5.11 Å². The Morgan fingerprint density at radius 3 is 2.40 bits per heavy atom. The molecule has 0 aliphatic heterocycles. The van der Waals surface area contributed by atoms with Gasteiger partial charge in [0.25, 0.3) is 0 Å². The van der Waals surface area contributed by atoms with Crippen molar-refractivity contribution in [2.45, 2.75) is 46.5 Å². The molecule has 0 rings (SSSR count). The Balaban J connectivity index is 3.74. The zero-order valence-electron chi connectivity index (χ0n) is 10.1. The van der Waals surface area contributed by atoms with Gasteiger partial charge in [0.15, 0.2) is 0 Å². The van der Waals surface area contributed by atoms with Crippen LogP contribution in [0, 0.1) is 11.8 Å². The van der Waals surface area contributed by atoms with Crippen molar-refractivity contribution in [3.05, 3.63) is 23.3 Å². The van der Waals surface area contributed by atoms with Crippen molar-refractivity contribution < 1.29 is 5.11 Å². The molecule has 0 fully saturated rings. The van der Waals surface area contributed by atoms with Crippen LogP contribution < -0.4 is 0 Å². The molecule has 0 heterocycles. The number of allylic oxidation sites excluding steroid dienone is 3. The fraction of sp³-hybridized carbons (Fsp3) is 0.571. The summed E-state index contributed by atoms with van der Waals surface area (Å²) >= 11 is 0. The molecule has 0 aromatic heterocycles. The monoisotopic (exact) mass is 206 g/mol. The predicted molar refractivity (Wildman–Crippen MR) is 66.5 cm³/mol. The van der Waals surface area contributed by atoms with E-state index in [0.29, 0.717) is 0 Å². The lowest BCUT2D eigenvalue weighted by Gasteiger charge is -1.99. The molecule has 0 aliphatic rings. The molecule has 15 heavy (non-hydrogen) atoms. The molecule has 1 N–H and O–H groups in total. The molecule has 0 aliphatic carbocycles. The maximum absolute atomic E-state index is 8.68. The van der Waals surface area contributed by atoms with Crippen LogP contribution in [0.15, 0.2) is 23.3 Å². The Bertz CT molecular complexity index is 273. The number of hydrogen-bond acceptors (Lipinski definition) is 1. The van der Waals surface area contributed by atoms with E-state index < -0.39 is 0 Å². The van der Waals surface area contributed by atoms with E-state index in [-0.39, 0.29) is 6.61 Å². The number of hydrogen-bond donors (Lipinski definition) is 1. The van der Waals surface area contributed by atoms with Crippen molar-refractivity contribution in [1.29, 1.82) is 0 Å². The van der Waals surface area contributed by atoms with E-state index in [1.807, 2.05) is 13.0 Å². The van der Waals surface area contributed by atoms with Gasteiger partial charge in [0.1, 0.15) is 0 Å². The first kappa shape index (κ1) is 14.0. The van der Waals surface area contributed by atoms with Crippen LogP contribution in [0.3, 0.4) is 0 Å². The average molecular weight is 206 g/mol. The molecule has 0 aromatic rings. The Morgan fingerprint density at radius 2 is 1.80 bits per heavy atom. The summed E-state index contributed by atoms with van der Waals surface area (Å²) in [6, 6.07) is 0. The van der Waals surface area contributed by atoms with Crippen LogP contribution in [0.5, 0.6) is 0 Å². The van der Waals surface area contributed by atoms with E-state index >= 15 is 0 Å². The van der Waals surface area contributed by atoms with Gasteiger partial charge in [-0.25, -0.2) is 0 Å². The summed E-state index contributed by atoms with van der Waals surface area (Å²) in [6.45, 7) is 6.24. The molecule has 0 amide bonds. The van der Waals surface area contributed by atoms with E-state index in [0.717, 1.165) is 25.7 Å². The Hall–Kier alpha value is -1.00. The van der Waals surface area contributed by atoms with E-state index in [2.05, 4.69) is 31.8 Å². The van der Waals surface area contributed by atoms with E-state index in [9.17, 15) is 0 Å². The molecular formula is C14H22O. The van der Waals surface area contributed by atoms with Gasteiger partial charge in [-0.3, -0.25) is 0 Å². The van der Waals surface area contributed by atoms with E-state index in [1.165, 1.54) is 11.1 Å². The van der Waals surface area contributed by atoms with Crippen molar-refractivity contribution in [3.63, 3.8) is 0 Å². The molecule has 0 atom stereocenters. The molecule has 0 aromatic carbocycles. The van der Waals surface area contributed by atoms with Crippen molar-refractivity contribution in [1.82, 2.24) is 0 Å². The molecule has 0 saturated heterocycles. The zero-order valence-corrected chi connectivity index (χ0v) is 10.1. The molecule has 0 saturated carbocycles. The van der Waals surface area contributed by atoms with Crippen LogP contribution in [-0.2, 0) is 0 Å². The summed E-state index contributed by atoms with van der Waals surface area (Å²) in [5.74, 6) is 5.96.